The van der Waals surface area contributed by atoms with Crippen molar-refractivity contribution in [2.75, 3.05) is 7.11 Å². The van der Waals surface area contributed by atoms with Crippen molar-refractivity contribution >= 4 is 23.5 Å². The van der Waals surface area contributed by atoms with Crippen molar-refractivity contribution in [3.63, 3.8) is 0 Å². The number of carbonyl (C=O) groups is 1. The van der Waals surface area contributed by atoms with Crippen LogP contribution in [0.25, 0.3) is 6.08 Å². The first-order valence-electron chi connectivity index (χ1n) is 10.3. The first-order chi connectivity index (χ1) is 14.2. The van der Waals surface area contributed by atoms with E-state index in [4.69, 9.17) is 25.8 Å². The van der Waals surface area contributed by atoms with Crippen LogP contribution < -0.4 is 4.74 Å². The number of rotatable bonds is 2. The topological polar surface area (TPSA) is 44.8 Å². The number of carbonyl (C=O) groups excluding carboxylic acids is 1. The van der Waals surface area contributed by atoms with Gasteiger partial charge in [0, 0.05) is 5.02 Å². The van der Waals surface area contributed by atoms with Crippen molar-refractivity contribution in [1.82, 2.24) is 0 Å². The number of ether oxygens (including phenoxy) is 3. The summed E-state index contributed by atoms with van der Waals surface area (Å²) < 4.78 is 18.5. The Hall–Kier alpha value is -2.14. The molecule has 2 saturated heterocycles. The summed E-state index contributed by atoms with van der Waals surface area (Å²) in [5, 5.41) is 0.692. The fourth-order valence-electron chi connectivity index (χ4n) is 5.02. The Morgan fingerprint density at radius 3 is 2.47 bits per heavy atom. The molecule has 0 radical (unpaired) electrons. The van der Waals surface area contributed by atoms with Gasteiger partial charge in [-0.15, -0.1) is 0 Å². The van der Waals surface area contributed by atoms with Crippen LogP contribution in [0.2, 0.25) is 5.02 Å². The Bertz CT molecular complexity index is 1070. The van der Waals surface area contributed by atoms with Gasteiger partial charge in [0.05, 0.1) is 12.5 Å². The number of hydrogen-bond donors (Lipinski definition) is 0. The van der Waals surface area contributed by atoms with E-state index in [-0.39, 0.29) is 5.78 Å². The highest BCUT2D eigenvalue weighted by Gasteiger charge is 2.74. The lowest BCUT2D eigenvalue weighted by Gasteiger charge is -2.47. The lowest BCUT2D eigenvalue weighted by Crippen LogP contribution is -2.56. The van der Waals surface area contributed by atoms with Crippen LogP contribution in [0.5, 0.6) is 5.75 Å². The monoisotopic (exact) mass is 424 g/mol. The predicted octanol–water partition coefficient (Wildman–Crippen LogP) is 5.31. The zero-order valence-electron chi connectivity index (χ0n) is 17.6. The fraction of sp³-hybridized carbons (Fsp3) is 0.400. The highest BCUT2D eigenvalue weighted by Crippen LogP contribution is 2.63. The van der Waals surface area contributed by atoms with E-state index in [1.54, 1.807) is 7.11 Å². The molecule has 0 saturated carbocycles. The number of halogens is 1. The predicted molar refractivity (Wildman–Crippen MR) is 116 cm³/mol. The third-order valence-electron chi connectivity index (χ3n) is 7.12. The summed E-state index contributed by atoms with van der Waals surface area (Å²) in [6, 6.07) is 13.7. The minimum Gasteiger partial charge on any atom is -0.497 e. The number of ketones is 1. The maximum absolute atomic E-state index is 13.5. The van der Waals surface area contributed by atoms with E-state index in [0.29, 0.717) is 5.02 Å². The van der Waals surface area contributed by atoms with E-state index in [9.17, 15) is 4.79 Å². The van der Waals surface area contributed by atoms with Gasteiger partial charge in [-0.1, -0.05) is 35.9 Å². The standard InChI is InChI=1S/C25H25ClO4/c1-23(2)21(27)22-25(30-24(23,3)29-22)17(13-15-5-9-18(26)10-6-15)8-7-16-14-19(28-4)11-12-20(16)25/h5-6,9-14,22H,7-8H2,1-4H3/b17-13+/t22-,24-,25-/m0/s1. The smallest absolute Gasteiger partial charge is 0.180 e. The van der Waals surface area contributed by atoms with E-state index in [0.717, 1.165) is 40.9 Å². The molecular weight excluding hydrogens is 400 g/mol. The molecule has 3 aliphatic rings. The summed E-state index contributed by atoms with van der Waals surface area (Å²) in [6.07, 6.45) is 3.06. The molecule has 0 unspecified atom stereocenters. The number of aryl methyl sites for hydroxylation is 1. The number of methoxy groups -OCH3 is 1. The SMILES string of the molecule is COc1ccc2c(c1)CC/C(=C\c1ccc(Cl)cc1)[C@]21O[C@]2(C)O[C@H]1C(=O)C2(C)C. The first kappa shape index (κ1) is 19.8. The molecule has 5 heteroatoms. The lowest BCUT2D eigenvalue weighted by atomic mass is 9.66. The van der Waals surface area contributed by atoms with Crippen LogP contribution in [0.1, 0.15) is 43.9 Å². The number of fused-ring (bicyclic) bond motifs is 5. The molecule has 2 fully saturated rings. The Labute approximate surface area is 181 Å². The quantitative estimate of drug-likeness (QED) is 0.655. The highest BCUT2D eigenvalue weighted by atomic mass is 35.5. The van der Waals surface area contributed by atoms with Crippen molar-refractivity contribution < 1.29 is 19.0 Å². The molecule has 0 amide bonds. The molecule has 0 aromatic heterocycles. The van der Waals surface area contributed by atoms with E-state index in [1.807, 2.05) is 63.2 Å². The van der Waals surface area contributed by atoms with Gasteiger partial charge in [-0.3, -0.25) is 4.79 Å². The van der Waals surface area contributed by atoms with E-state index < -0.39 is 22.9 Å². The van der Waals surface area contributed by atoms with Crippen LogP contribution in [0.3, 0.4) is 0 Å². The maximum atomic E-state index is 13.5. The van der Waals surface area contributed by atoms with Gasteiger partial charge < -0.3 is 14.2 Å². The Morgan fingerprint density at radius 1 is 1.10 bits per heavy atom. The van der Waals surface area contributed by atoms with Gasteiger partial charge in [-0.25, -0.2) is 0 Å². The molecule has 30 heavy (non-hydrogen) atoms. The van der Waals surface area contributed by atoms with Gasteiger partial charge in [-0.05, 0) is 80.1 Å². The molecule has 1 aliphatic carbocycles. The summed E-state index contributed by atoms with van der Waals surface area (Å²) in [6.45, 7) is 5.70. The van der Waals surface area contributed by atoms with Gasteiger partial charge in [0.15, 0.2) is 23.3 Å². The largest absolute Gasteiger partial charge is 0.497 e. The van der Waals surface area contributed by atoms with Crippen LogP contribution in [-0.2, 0) is 26.3 Å². The molecule has 0 N–H and O–H groups in total. The molecule has 2 aromatic rings. The van der Waals surface area contributed by atoms with Gasteiger partial charge in [0.2, 0.25) is 0 Å². The van der Waals surface area contributed by atoms with E-state index in [1.165, 1.54) is 0 Å². The summed E-state index contributed by atoms with van der Waals surface area (Å²) in [5.41, 5.74) is 2.56. The molecule has 2 aliphatic heterocycles. The minimum atomic E-state index is -0.984. The Balaban J connectivity index is 1.72. The van der Waals surface area contributed by atoms with Crippen LogP contribution in [0, 0.1) is 5.41 Å². The molecule has 1 spiro atoms. The second kappa shape index (κ2) is 6.43. The minimum absolute atomic E-state index is 0.0851. The molecule has 2 bridgehead atoms. The normalized spacial score (nSPS) is 32.6. The third-order valence-corrected chi connectivity index (χ3v) is 7.37. The Kier molecular flexibility index (Phi) is 4.24. The van der Waals surface area contributed by atoms with Gasteiger partial charge in [0.25, 0.3) is 0 Å². The zero-order chi connectivity index (χ0) is 21.3. The second-order valence-corrected chi connectivity index (χ2v) is 9.45. The zero-order valence-corrected chi connectivity index (χ0v) is 18.4. The average molecular weight is 425 g/mol. The fourth-order valence-corrected chi connectivity index (χ4v) is 5.15. The third kappa shape index (κ3) is 2.51. The molecule has 5 rings (SSSR count). The van der Waals surface area contributed by atoms with Crippen molar-refractivity contribution in [1.29, 1.82) is 0 Å². The van der Waals surface area contributed by atoms with Gasteiger partial charge in [-0.2, -0.15) is 0 Å². The van der Waals surface area contributed by atoms with Crippen LogP contribution in [0.15, 0.2) is 48.0 Å². The first-order valence-corrected chi connectivity index (χ1v) is 10.7. The molecule has 156 valence electrons. The van der Waals surface area contributed by atoms with Gasteiger partial charge in [0.1, 0.15) is 5.75 Å². The van der Waals surface area contributed by atoms with E-state index >= 15 is 0 Å². The summed E-state index contributed by atoms with van der Waals surface area (Å²) in [7, 11) is 1.66. The van der Waals surface area contributed by atoms with Crippen molar-refractivity contribution in [2.45, 2.75) is 51.1 Å². The molecular formula is C25H25ClO4. The summed E-state index contributed by atoms with van der Waals surface area (Å²) in [5.74, 6) is -0.0968. The Morgan fingerprint density at radius 2 is 1.83 bits per heavy atom. The van der Waals surface area contributed by atoms with Crippen LogP contribution >= 0.6 is 11.6 Å². The van der Waals surface area contributed by atoms with Crippen molar-refractivity contribution in [2.24, 2.45) is 5.41 Å². The molecule has 2 heterocycles. The maximum Gasteiger partial charge on any atom is 0.180 e. The van der Waals surface area contributed by atoms with Crippen molar-refractivity contribution in [3.8, 4) is 5.75 Å². The van der Waals surface area contributed by atoms with Gasteiger partial charge >= 0.3 is 0 Å². The van der Waals surface area contributed by atoms with Crippen molar-refractivity contribution in [3.05, 3.63) is 69.8 Å². The molecule has 3 atom stereocenters. The summed E-state index contributed by atoms with van der Waals surface area (Å²) in [4.78, 5) is 13.5. The molecule has 4 nitrogen and oxygen atoms in total. The lowest BCUT2D eigenvalue weighted by molar-refractivity contribution is -0.218. The van der Waals surface area contributed by atoms with Crippen LogP contribution in [0.4, 0.5) is 0 Å². The summed E-state index contributed by atoms with van der Waals surface area (Å²) >= 11 is 6.07. The second-order valence-electron chi connectivity index (χ2n) is 9.01. The number of hydrogen-bond acceptors (Lipinski definition) is 4. The average Bonchev–Trinajstić information content (AvgIpc) is 3.14. The van der Waals surface area contributed by atoms with E-state index in [2.05, 4.69) is 6.08 Å². The van der Waals surface area contributed by atoms with Crippen LogP contribution in [-0.4, -0.2) is 24.8 Å². The number of benzene rings is 2. The molecule has 2 aromatic carbocycles. The number of Topliss-reactive ketones (excluding diaryl/α,β-unsaturated/α-hetero) is 1. The highest BCUT2D eigenvalue weighted by molar-refractivity contribution is 6.30.